The Hall–Kier alpha value is 0.160. The molecule has 0 aliphatic carbocycles. The maximum Gasteiger partial charge on any atom is 0.109 e. The van der Waals surface area contributed by atoms with E-state index in [9.17, 15) is 0 Å². The fourth-order valence-electron chi connectivity index (χ4n) is 1.01. The number of amidine groups is 1. The first kappa shape index (κ1) is 8.26. The summed E-state index contributed by atoms with van der Waals surface area (Å²) in [6.45, 7) is 5.81. The van der Waals surface area contributed by atoms with Crippen molar-refractivity contribution < 1.29 is 3.07 Å². The van der Waals surface area contributed by atoms with Crippen molar-refractivity contribution in [3.05, 3.63) is 0 Å². The predicted octanol–water partition coefficient (Wildman–Crippen LogP) is 1.09. The first-order valence-corrected chi connectivity index (χ1v) is 4.22. The first-order valence-electron chi connectivity index (χ1n) is 3.34. The fraction of sp³-hybridized carbons (Fsp3) is 0.833. The minimum atomic E-state index is 0.785. The van der Waals surface area contributed by atoms with Crippen molar-refractivity contribution in [3.63, 3.8) is 0 Å². The van der Waals surface area contributed by atoms with E-state index in [0.29, 0.717) is 0 Å². The monoisotopic (exact) mass is 254 g/mol. The van der Waals surface area contributed by atoms with Crippen molar-refractivity contribution in [2.75, 3.05) is 26.2 Å². The van der Waals surface area contributed by atoms with Crippen molar-refractivity contribution in [2.45, 2.75) is 6.92 Å². The van der Waals surface area contributed by atoms with Gasteiger partial charge in [-0.05, 0) is 6.92 Å². The Morgan fingerprint density at radius 1 is 1.80 bits per heavy atom. The van der Waals surface area contributed by atoms with Gasteiger partial charge in [0.2, 0.25) is 0 Å². The van der Waals surface area contributed by atoms with E-state index in [1.807, 2.05) is 29.9 Å². The normalized spacial score (nSPS) is 17.8. The second-order valence-electron chi connectivity index (χ2n) is 2.23. The van der Waals surface area contributed by atoms with E-state index < -0.39 is 0 Å². The highest BCUT2D eigenvalue weighted by atomic mass is 127. The van der Waals surface area contributed by atoms with Crippen LogP contribution in [0.3, 0.4) is 0 Å². The summed E-state index contributed by atoms with van der Waals surface area (Å²) in [7, 11) is 0. The van der Waals surface area contributed by atoms with E-state index in [1.54, 1.807) is 0 Å². The molecule has 0 saturated heterocycles. The molecule has 0 unspecified atom stereocenters. The second-order valence-corrected chi connectivity index (χ2v) is 2.85. The molecular weight excluding hydrogens is 243 g/mol. The van der Waals surface area contributed by atoms with Gasteiger partial charge in [-0.3, -0.25) is 4.99 Å². The highest BCUT2D eigenvalue weighted by Crippen LogP contribution is 2.00. The lowest BCUT2D eigenvalue weighted by atomic mass is 10.5. The molecule has 0 radical (unpaired) electrons. The Morgan fingerprint density at radius 3 is 3.10 bits per heavy atom. The average Bonchev–Trinajstić information content (AvgIpc) is 2.31. The molecule has 0 aromatic carbocycles. The molecule has 0 bridgehead atoms. The molecule has 0 N–H and O–H groups in total. The molecule has 0 fully saturated rings. The van der Waals surface area contributed by atoms with Crippen LogP contribution in [-0.4, -0.2) is 37.0 Å². The quantitative estimate of drug-likeness (QED) is 0.704. The van der Waals surface area contributed by atoms with Crippen LogP contribution in [0.1, 0.15) is 6.92 Å². The van der Waals surface area contributed by atoms with E-state index in [4.69, 9.17) is 3.07 Å². The number of nitrogens with zero attached hydrogens (tertiary/aromatic N) is 2. The van der Waals surface area contributed by atoms with Crippen molar-refractivity contribution in [1.82, 2.24) is 4.90 Å². The Bertz CT molecular complexity index is 138. The van der Waals surface area contributed by atoms with Gasteiger partial charge in [-0.15, -0.1) is 0 Å². The summed E-state index contributed by atoms with van der Waals surface area (Å²) in [5.41, 5.74) is 0. The van der Waals surface area contributed by atoms with Crippen LogP contribution >= 0.6 is 23.0 Å². The largest absolute Gasteiger partial charge is 0.356 e. The zero-order chi connectivity index (χ0) is 7.40. The van der Waals surface area contributed by atoms with Crippen molar-refractivity contribution in [2.24, 2.45) is 4.99 Å². The van der Waals surface area contributed by atoms with Gasteiger partial charge >= 0.3 is 0 Å². The van der Waals surface area contributed by atoms with Crippen molar-refractivity contribution in [1.29, 1.82) is 0 Å². The molecule has 0 amide bonds. The second kappa shape index (κ2) is 4.12. The van der Waals surface area contributed by atoms with Gasteiger partial charge in [-0.1, -0.05) is 0 Å². The van der Waals surface area contributed by atoms with Crippen LogP contribution in [0.25, 0.3) is 0 Å². The number of aliphatic imine (C=N–C) groups is 1. The third kappa shape index (κ3) is 2.09. The minimum absolute atomic E-state index is 0.785. The fourth-order valence-corrected chi connectivity index (χ4v) is 1.21. The average molecular weight is 254 g/mol. The molecule has 0 atom stereocenters. The molecular formula is C6H11IN2O. The molecule has 0 aromatic heterocycles. The van der Waals surface area contributed by atoms with Gasteiger partial charge in [0.1, 0.15) is 23.0 Å². The molecule has 0 saturated carbocycles. The van der Waals surface area contributed by atoms with Crippen LogP contribution in [0.5, 0.6) is 0 Å². The third-order valence-electron chi connectivity index (χ3n) is 1.61. The van der Waals surface area contributed by atoms with Crippen molar-refractivity contribution >= 4 is 28.8 Å². The van der Waals surface area contributed by atoms with Gasteiger partial charge in [0.25, 0.3) is 0 Å². The zero-order valence-electron chi connectivity index (χ0n) is 6.01. The van der Waals surface area contributed by atoms with Gasteiger partial charge in [0.05, 0.1) is 19.0 Å². The van der Waals surface area contributed by atoms with Crippen LogP contribution in [-0.2, 0) is 3.07 Å². The smallest absolute Gasteiger partial charge is 0.109 e. The molecule has 58 valence electrons. The molecule has 0 spiro atoms. The minimum Gasteiger partial charge on any atom is -0.356 e. The summed E-state index contributed by atoms with van der Waals surface area (Å²) in [6, 6.07) is 0. The first-order chi connectivity index (χ1) is 4.84. The van der Waals surface area contributed by atoms with Gasteiger partial charge in [-0.25, -0.2) is 0 Å². The maximum atomic E-state index is 4.93. The van der Waals surface area contributed by atoms with Gasteiger partial charge in [0, 0.05) is 13.1 Å². The molecule has 4 heteroatoms. The van der Waals surface area contributed by atoms with Gasteiger partial charge in [0.15, 0.2) is 0 Å². The molecule has 10 heavy (non-hydrogen) atoms. The van der Waals surface area contributed by atoms with Crippen LogP contribution in [0.15, 0.2) is 4.99 Å². The lowest BCUT2D eigenvalue weighted by molar-refractivity contribution is 0.343. The van der Waals surface area contributed by atoms with Crippen LogP contribution in [0.2, 0.25) is 0 Å². The highest BCUT2D eigenvalue weighted by Gasteiger charge is 2.10. The standard InChI is InChI=1S/C6H11IN2O/c1-6-8-2-3-9(6)4-5-10-7/h2-5H2,1H3. The molecule has 1 aliphatic rings. The SMILES string of the molecule is CC1=NCCN1CCOI. The number of hydrogen-bond donors (Lipinski definition) is 0. The number of hydrogen-bond acceptors (Lipinski definition) is 3. The van der Waals surface area contributed by atoms with Crippen LogP contribution in [0, 0.1) is 0 Å². The Labute approximate surface area is 75.1 Å². The van der Waals surface area contributed by atoms with E-state index >= 15 is 0 Å². The summed E-state index contributed by atoms with van der Waals surface area (Å²) in [5.74, 6) is 1.15. The van der Waals surface area contributed by atoms with Crippen LogP contribution in [0.4, 0.5) is 0 Å². The summed E-state index contributed by atoms with van der Waals surface area (Å²) in [4.78, 5) is 6.49. The molecule has 1 rings (SSSR count). The van der Waals surface area contributed by atoms with E-state index in [2.05, 4.69) is 9.89 Å². The molecule has 1 heterocycles. The van der Waals surface area contributed by atoms with E-state index in [1.165, 1.54) is 0 Å². The molecule has 1 aliphatic heterocycles. The molecule has 3 nitrogen and oxygen atoms in total. The van der Waals surface area contributed by atoms with Crippen LogP contribution < -0.4 is 0 Å². The molecule has 0 aromatic rings. The van der Waals surface area contributed by atoms with Crippen molar-refractivity contribution in [3.8, 4) is 0 Å². The van der Waals surface area contributed by atoms with E-state index in [0.717, 1.165) is 32.1 Å². The predicted molar refractivity (Wildman–Crippen MR) is 49.5 cm³/mol. The highest BCUT2D eigenvalue weighted by molar-refractivity contribution is 14.1. The summed E-state index contributed by atoms with van der Waals surface area (Å²) < 4.78 is 4.93. The van der Waals surface area contributed by atoms with Gasteiger partial charge < -0.3 is 7.97 Å². The topological polar surface area (TPSA) is 24.8 Å². The number of halogens is 1. The third-order valence-corrected chi connectivity index (χ3v) is 2.05. The Kier molecular flexibility index (Phi) is 3.41. The summed E-state index contributed by atoms with van der Waals surface area (Å²) in [6.07, 6.45) is 0. The summed E-state index contributed by atoms with van der Waals surface area (Å²) in [5, 5.41) is 0. The van der Waals surface area contributed by atoms with Gasteiger partial charge in [-0.2, -0.15) is 0 Å². The maximum absolute atomic E-state index is 4.93. The Morgan fingerprint density at radius 2 is 2.60 bits per heavy atom. The Balaban J connectivity index is 2.22. The lowest BCUT2D eigenvalue weighted by Crippen LogP contribution is -2.28. The summed E-state index contributed by atoms with van der Waals surface area (Å²) >= 11 is 1.91. The number of rotatable bonds is 3. The van der Waals surface area contributed by atoms with E-state index in [-0.39, 0.29) is 0 Å². The lowest BCUT2D eigenvalue weighted by Gasteiger charge is -2.16. The zero-order valence-corrected chi connectivity index (χ0v) is 8.17.